The van der Waals surface area contributed by atoms with Crippen molar-refractivity contribution in [1.29, 1.82) is 0 Å². The molecule has 2 N–H and O–H groups in total. The molecule has 1 aromatic rings. The molecule has 0 unspecified atom stereocenters. The van der Waals surface area contributed by atoms with Crippen LogP contribution in [-0.2, 0) is 11.0 Å². The van der Waals surface area contributed by atoms with E-state index >= 15 is 0 Å². The van der Waals surface area contributed by atoms with Gasteiger partial charge in [0.05, 0.1) is 7.11 Å². The second-order valence-corrected chi connectivity index (χ2v) is 6.63. The maximum Gasteiger partial charge on any atom is 0.125 e. The Hall–Kier alpha value is -1.02. The Bertz CT molecular complexity index is 453. The summed E-state index contributed by atoms with van der Waals surface area (Å²) in [6, 6.07) is 4.46. The monoisotopic (exact) mass is 247 g/mol. The number of benzene rings is 1. The second kappa shape index (κ2) is 4.27. The first-order valence-electron chi connectivity index (χ1n) is 6.76. The third kappa shape index (κ3) is 2.14. The Balaban J connectivity index is 2.56. The number of hydrogen-bond donors (Lipinski definition) is 1. The maximum absolute atomic E-state index is 6.46. The van der Waals surface area contributed by atoms with Gasteiger partial charge in [-0.1, -0.05) is 26.8 Å². The quantitative estimate of drug-likeness (QED) is 0.866. The van der Waals surface area contributed by atoms with E-state index < -0.39 is 0 Å². The molecule has 18 heavy (non-hydrogen) atoms. The maximum atomic E-state index is 6.46. The number of aryl methyl sites for hydroxylation is 1. The smallest absolute Gasteiger partial charge is 0.125 e. The molecule has 100 valence electrons. The number of rotatable bonds is 2. The van der Waals surface area contributed by atoms with Crippen molar-refractivity contribution < 1.29 is 4.74 Å². The van der Waals surface area contributed by atoms with Gasteiger partial charge in [0.1, 0.15) is 5.75 Å². The molecule has 1 saturated carbocycles. The van der Waals surface area contributed by atoms with Crippen molar-refractivity contribution in [1.82, 2.24) is 0 Å². The summed E-state index contributed by atoms with van der Waals surface area (Å²) in [7, 11) is 1.75. The van der Waals surface area contributed by atoms with Gasteiger partial charge < -0.3 is 10.5 Å². The van der Waals surface area contributed by atoms with Crippen LogP contribution in [0.2, 0.25) is 0 Å². The molecule has 0 amide bonds. The molecule has 0 atom stereocenters. The van der Waals surface area contributed by atoms with Gasteiger partial charge in [-0.2, -0.15) is 0 Å². The molecule has 2 rings (SSSR count). The topological polar surface area (TPSA) is 35.2 Å². The van der Waals surface area contributed by atoms with Crippen molar-refractivity contribution >= 4 is 0 Å². The van der Waals surface area contributed by atoms with Crippen LogP contribution in [0.4, 0.5) is 0 Å². The zero-order valence-corrected chi connectivity index (χ0v) is 12.3. The lowest BCUT2D eigenvalue weighted by atomic mass is 9.71. The van der Waals surface area contributed by atoms with Crippen molar-refractivity contribution in [3.05, 3.63) is 28.8 Å². The summed E-state index contributed by atoms with van der Waals surface area (Å²) >= 11 is 0. The predicted octanol–water partition coefficient (Wildman–Crippen LogP) is 3.64. The Labute approximate surface area is 111 Å². The summed E-state index contributed by atoms with van der Waals surface area (Å²) in [4.78, 5) is 0. The molecule has 0 bridgehead atoms. The third-order valence-corrected chi connectivity index (χ3v) is 4.11. The summed E-state index contributed by atoms with van der Waals surface area (Å²) in [6.45, 7) is 8.77. The molecular formula is C16H25NO. The minimum atomic E-state index is -0.100. The van der Waals surface area contributed by atoms with E-state index in [4.69, 9.17) is 10.5 Å². The Kier molecular flexibility index (Phi) is 3.18. The van der Waals surface area contributed by atoms with Crippen LogP contribution < -0.4 is 10.5 Å². The van der Waals surface area contributed by atoms with Gasteiger partial charge in [-0.15, -0.1) is 0 Å². The van der Waals surface area contributed by atoms with Crippen molar-refractivity contribution in [2.24, 2.45) is 5.73 Å². The molecule has 0 spiro atoms. The van der Waals surface area contributed by atoms with E-state index in [0.717, 1.165) is 18.6 Å². The first-order valence-corrected chi connectivity index (χ1v) is 6.76. The molecule has 0 radical (unpaired) electrons. The predicted molar refractivity (Wildman–Crippen MR) is 76.1 cm³/mol. The molecule has 0 aromatic heterocycles. The van der Waals surface area contributed by atoms with Crippen LogP contribution in [0.3, 0.4) is 0 Å². The van der Waals surface area contributed by atoms with E-state index in [1.54, 1.807) is 7.11 Å². The van der Waals surface area contributed by atoms with Crippen LogP contribution in [0.15, 0.2) is 12.1 Å². The standard InChI is InChI=1S/C16H25NO/c1-11-9-12(16(17)7-6-8-16)10-13(14(11)18-5)15(2,3)4/h9-10H,6-8,17H2,1-5H3. The molecular weight excluding hydrogens is 222 g/mol. The van der Waals surface area contributed by atoms with E-state index in [9.17, 15) is 0 Å². The highest BCUT2D eigenvalue weighted by atomic mass is 16.5. The second-order valence-electron chi connectivity index (χ2n) is 6.63. The fourth-order valence-electron chi connectivity index (χ4n) is 2.74. The van der Waals surface area contributed by atoms with Gasteiger partial charge in [-0.05, 0) is 48.8 Å². The number of hydrogen-bond acceptors (Lipinski definition) is 2. The van der Waals surface area contributed by atoms with Crippen molar-refractivity contribution in [3.63, 3.8) is 0 Å². The zero-order valence-electron chi connectivity index (χ0n) is 12.3. The average molecular weight is 247 g/mol. The van der Waals surface area contributed by atoms with Gasteiger partial charge in [-0.25, -0.2) is 0 Å². The lowest BCUT2D eigenvalue weighted by Crippen LogP contribution is -2.43. The molecule has 1 aliphatic carbocycles. The first-order chi connectivity index (χ1) is 8.28. The summed E-state index contributed by atoms with van der Waals surface area (Å²) < 4.78 is 5.58. The molecule has 1 aliphatic rings. The fourth-order valence-corrected chi connectivity index (χ4v) is 2.74. The Morgan fingerprint density at radius 3 is 2.22 bits per heavy atom. The van der Waals surface area contributed by atoms with Crippen LogP contribution in [0.5, 0.6) is 5.75 Å². The molecule has 2 heteroatoms. The van der Waals surface area contributed by atoms with Gasteiger partial charge in [0.15, 0.2) is 0 Å². The molecule has 0 heterocycles. The van der Waals surface area contributed by atoms with E-state index in [-0.39, 0.29) is 11.0 Å². The van der Waals surface area contributed by atoms with Gasteiger partial charge in [-0.3, -0.25) is 0 Å². The van der Waals surface area contributed by atoms with E-state index in [1.807, 2.05) is 0 Å². The van der Waals surface area contributed by atoms with Crippen molar-refractivity contribution in [2.75, 3.05) is 7.11 Å². The summed E-state index contributed by atoms with van der Waals surface area (Å²) in [5.41, 5.74) is 10.2. The van der Waals surface area contributed by atoms with E-state index in [1.165, 1.54) is 23.1 Å². The minimum Gasteiger partial charge on any atom is -0.496 e. The summed E-state index contributed by atoms with van der Waals surface area (Å²) in [5, 5.41) is 0. The Morgan fingerprint density at radius 2 is 1.83 bits per heavy atom. The number of methoxy groups -OCH3 is 1. The zero-order chi connectivity index (χ0) is 13.6. The van der Waals surface area contributed by atoms with Gasteiger partial charge in [0.2, 0.25) is 0 Å². The number of nitrogens with two attached hydrogens (primary N) is 1. The SMILES string of the molecule is COc1c(C)cc(C2(N)CCC2)cc1C(C)(C)C. The molecule has 0 saturated heterocycles. The Morgan fingerprint density at radius 1 is 1.22 bits per heavy atom. The van der Waals surface area contributed by atoms with Crippen LogP contribution in [0, 0.1) is 6.92 Å². The molecule has 1 aromatic carbocycles. The normalized spacial score (nSPS) is 18.3. The van der Waals surface area contributed by atoms with Crippen LogP contribution in [-0.4, -0.2) is 7.11 Å². The van der Waals surface area contributed by atoms with Gasteiger partial charge in [0, 0.05) is 11.1 Å². The fraction of sp³-hybridized carbons (Fsp3) is 0.625. The van der Waals surface area contributed by atoms with Crippen LogP contribution in [0.1, 0.15) is 56.7 Å². The highest BCUT2D eigenvalue weighted by Gasteiger charge is 2.36. The van der Waals surface area contributed by atoms with Gasteiger partial charge in [0.25, 0.3) is 0 Å². The number of ether oxygens (including phenoxy) is 1. The third-order valence-electron chi connectivity index (χ3n) is 4.11. The molecule has 2 nitrogen and oxygen atoms in total. The highest BCUT2D eigenvalue weighted by Crippen LogP contribution is 2.43. The summed E-state index contributed by atoms with van der Waals surface area (Å²) in [6.07, 6.45) is 3.44. The largest absolute Gasteiger partial charge is 0.496 e. The van der Waals surface area contributed by atoms with E-state index in [2.05, 4.69) is 39.8 Å². The lowest BCUT2D eigenvalue weighted by Gasteiger charge is -2.40. The van der Waals surface area contributed by atoms with Crippen LogP contribution in [0.25, 0.3) is 0 Å². The molecule has 1 fully saturated rings. The summed E-state index contributed by atoms with van der Waals surface area (Å²) in [5.74, 6) is 1.01. The van der Waals surface area contributed by atoms with Crippen LogP contribution >= 0.6 is 0 Å². The minimum absolute atomic E-state index is 0.0756. The average Bonchev–Trinajstić information content (AvgIpc) is 2.23. The van der Waals surface area contributed by atoms with Crippen molar-refractivity contribution in [3.8, 4) is 5.75 Å². The lowest BCUT2D eigenvalue weighted by molar-refractivity contribution is 0.252. The first kappa shape index (κ1) is 13.4. The van der Waals surface area contributed by atoms with Gasteiger partial charge >= 0.3 is 0 Å². The molecule has 0 aliphatic heterocycles. The highest BCUT2D eigenvalue weighted by molar-refractivity contribution is 5.49. The van der Waals surface area contributed by atoms with Crippen molar-refractivity contribution in [2.45, 2.75) is 57.9 Å². The van der Waals surface area contributed by atoms with E-state index in [0.29, 0.717) is 0 Å².